The van der Waals surface area contributed by atoms with Gasteiger partial charge in [-0.1, -0.05) is 6.92 Å². The molecule has 0 saturated carbocycles. The summed E-state index contributed by atoms with van der Waals surface area (Å²) in [5.74, 6) is -0.139. The van der Waals surface area contributed by atoms with Gasteiger partial charge >= 0.3 is 5.69 Å². The van der Waals surface area contributed by atoms with Gasteiger partial charge in [0.25, 0.3) is 5.56 Å². The molecule has 0 radical (unpaired) electrons. The van der Waals surface area contributed by atoms with Crippen molar-refractivity contribution in [1.82, 2.24) is 14.1 Å². The molecule has 0 aliphatic rings. The van der Waals surface area contributed by atoms with E-state index >= 15 is 0 Å². The molecule has 168 valence electrons. The summed E-state index contributed by atoms with van der Waals surface area (Å²) in [7, 11) is 0. The Kier molecular flexibility index (Phi) is 7.35. The van der Waals surface area contributed by atoms with Crippen LogP contribution >= 0.6 is 0 Å². The summed E-state index contributed by atoms with van der Waals surface area (Å²) < 4.78 is 2.74. The van der Waals surface area contributed by atoms with Crippen LogP contribution in [0.3, 0.4) is 0 Å². The van der Waals surface area contributed by atoms with Gasteiger partial charge in [-0.3, -0.25) is 28.5 Å². The predicted molar refractivity (Wildman–Crippen MR) is 124 cm³/mol. The summed E-state index contributed by atoms with van der Waals surface area (Å²) in [4.78, 5) is 53.9. The highest BCUT2D eigenvalue weighted by atomic mass is 16.2. The molecule has 0 aliphatic heterocycles. The first-order chi connectivity index (χ1) is 15.3. The minimum Gasteiger partial charge on any atom is -0.326 e. The van der Waals surface area contributed by atoms with Crippen LogP contribution in [0, 0.1) is 5.92 Å². The lowest BCUT2D eigenvalue weighted by Crippen LogP contribution is -2.39. The largest absolute Gasteiger partial charge is 0.331 e. The molecule has 1 unspecified atom stereocenters. The Labute approximate surface area is 185 Å². The number of rotatable bonds is 9. The smallest absolute Gasteiger partial charge is 0.326 e. The monoisotopic (exact) mass is 436 g/mol. The van der Waals surface area contributed by atoms with Crippen LogP contribution in [0.2, 0.25) is 0 Å². The lowest BCUT2D eigenvalue weighted by atomic mass is 9.97. The van der Waals surface area contributed by atoms with E-state index in [1.807, 2.05) is 13.8 Å². The number of ketones is 1. The molecule has 0 aliphatic carbocycles. The maximum absolute atomic E-state index is 12.7. The van der Waals surface area contributed by atoms with Crippen LogP contribution in [-0.2, 0) is 17.9 Å². The van der Waals surface area contributed by atoms with Crippen molar-refractivity contribution in [3.63, 3.8) is 0 Å². The number of Topliss-reactive ketones (excluding diaryl/α,β-unsaturated/α-hetero) is 1. The first-order valence-corrected chi connectivity index (χ1v) is 10.9. The molecule has 1 N–H and O–H groups in total. The third-order valence-corrected chi connectivity index (χ3v) is 5.54. The van der Waals surface area contributed by atoms with E-state index in [0.717, 1.165) is 0 Å². The number of amides is 1. The molecule has 0 fully saturated rings. The number of anilines is 1. The number of aryl methyl sites for hydroxylation is 1. The zero-order valence-corrected chi connectivity index (χ0v) is 18.6. The zero-order valence-electron chi connectivity index (χ0n) is 18.6. The predicted octanol–water partition coefficient (Wildman–Crippen LogP) is 3.23. The molecule has 3 rings (SSSR count). The van der Waals surface area contributed by atoms with Crippen LogP contribution in [0.25, 0.3) is 10.9 Å². The summed E-state index contributed by atoms with van der Waals surface area (Å²) in [5, 5.41) is 3.22. The van der Waals surface area contributed by atoms with Gasteiger partial charge in [-0.05, 0) is 56.5 Å². The van der Waals surface area contributed by atoms with E-state index in [1.54, 1.807) is 54.2 Å². The average Bonchev–Trinajstić information content (AvgIpc) is 2.79. The van der Waals surface area contributed by atoms with Crippen LogP contribution in [-0.4, -0.2) is 25.8 Å². The van der Waals surface area contributed by atoms with Gasteiger partial charge in [0, 0.05) is 49.6 Å². The van der Waals surface area contributed by atoms with Gasteiger partial charge in [0.1, 0.15) is 0 Å². The standard InChI is InChI=1S/C24H28N4O4/c1-4-27-20-8-7-18(15-19(20)23(31)28(5-2)24(27)32)26-22(30)14-16(3)6-9-21(29)17-10-12-25-13-11-17/h7-8,10-13,15-16H,4-6,9,14H2,1-3H3,(H,26,30). The van der Waals surface area contributed by atoms with Crippen molar-refractivity contribution in [3.05, 3.63) is 69.1 Å². The second kappa shape index (κ2) is 10.2. The van der Waals surface area contributed by atoms with Gasteiger partial charge in [-0.15, -0.1) is 0 Å². The molecular formula is C24H28N4O4. The molecule has 0 saturated heterocycles. The average molecular weight is 437 g/mol. The number of hydrogen-bond acceptors (Lipinski definition) is 5. The minimum atomic E-state index is -0.365. The number of fused-ring (bicyclic) bond motifs is 1. The maximum atomic E-state index is 12.7. The van der Waals surface area contributed by atoms with Crippen LogP contribution < -0.4 is 16.6 Å². The fourth-order valence-corrected chi connectivity index (χ4v) is 3.78. The Bertz CT molecular complexity index is 1240. The number of hydrogen-bond donors (Lipinski definition) is 1. The molecule has 2 heterocycles. The number of nitrogens with one attached hydrogen (secondary N) is 1. The van der Waals surface area contributed by atoms with E-state index in [2.05, 4.69) is 10.3 Å². The molecular weight excluding hydrogens is 408 g/mol. The summed E-state index contributed by atoms with van der Waals surface area (Å²) in [6.45, 7) is 6.25. The number of carbonyl (C=O) groups is 2. The van der Waals surface area contributed by atoms with Crippen LogP contribution in [0.4, 0.5) is 5.69 Å². The molecule has 8 nitrogen and oxygen atoms in total. The fourth-order valence-electron chi connectivity index (χ4n) is 3.78. The number of carbonyl (C=O) groups excluding carboxylic acids is 2. The lowest BCUT2D eigenvalue weighted by Gasteiger charge is -2.14. The van der Waals surface area contributed by atoms with E-state index in [0.29, 0.717) is 41.5 Å². The van der Waals surface area contributed by atoms with Crippen LogP contribution in [0.1, 0.15) is 50.4 Å². The van der Waals surface area contributed by atoms with Gasteiger partial charge in [0.2, 0.25) is 5.91 Å². The molecule has 1 amide bonds. The Morgan fingerprint density at radius 3 is 2.38 bits per heavy atom. The fraction of sp³-hybridized carbons (Fsp3) is 0.375. The number of pyridine rings is 1. The van der Waals surface area contributed by atoms with E-state index in [4.69, 9.17) is 0 Å². The van der Waals surface area contributed by atoms with Gasteiger partial charge in [0.05, 0.1) is 10.9 Å². The van der Waals surface area contributed by atoms with Crippen molar-refractivity contribution in [3.8, 4) is 0 Å². The summed E-state index contributed by atoms with van der Waals surface area (Å²) in [6.07, 6.45) is 4.39. The molecule has 8 heteroatoms. The SMILES string of the molecule is CCn1c(=O)c2cc(NC(=O)CC(C)CCC(=O)c3ccncc3)ccc2n(CC)c1=O. The molecule has 1 atom stereocenters. The summed E-state index contributed by atoms with van der Waals surface area (Å²) in [5.41, 5.74) is 0.976. The highest BCUT2D eigenvalue weighted by Crippen LogP contribution is 2.18. The molecule has 32 heavy (non-hydrogen) atoms. The third kappa shape index (κ3) is 5.01. The second-order valence-electron chi connectivity index (χ2n) is 7.86. The van der Waals surface area contributed by atoms with E-state index in [1.165, 1.54) is 4.57 Å². The van der Waals surface area contributed by atoms with E-state index < -0.39 is 0 Å². The lowest BCUT2D eigenvalue weighted by molar-refractivity contribution is -0.117. The van der Waals surface area contributed by atoms with Crippen molar-refractivity contribution in [2.24, 2.45) is 5.92 Å². The highest BCUT2D eigenvalue weighted by Gasteiger charge is 2.15. The Morgan fingerprint density at radius 1 is 1.03 bits per heavy atom. The Hall–Kier alpha value is -3.55. The number of benzene rings is 1. The minimum absolute atomic E-state index is 0.0174. The Balaban J connectivity index is 1.68. The normalized spacial score (nSPS) is 12.0. The summed E-state index contributed by atoms with van der Waals surface area (Å²) >= 11 is 0. The first kappa shape index (κ1) is 23.1. The van der Waals surface area contributed by atoms with Gasteiger partial charge in [-0.2, -0.15) is 0 Å². The van der Waals surface area contributed by atoms with E-state index in [-0.39, 0.29) is 41.8 Å². The van der Waals surface area contributed by atoms with Crippen LogP contribution in [0.5, 0.6) is 0 Å². The van der Waals surface area contributed by atoms with Crippen molar-refractivity contribution < 1.29 is 9.59 Å². The van der Waals surface area contributed by atoms with Crippen molar-refractivity contribution in [1.29, 1.82) is 0 Å². The van der Waals surface area contributed by atoms with Crippen molar-refractivity contribution in [2.75, 3.05) is 5.32 Å². The molecule has 2 aromatic heterocycles. The zero-order chi connectivity index (χ0) is 23.3. The molecule has 0 spiro atoms. The molecule has 1 aromatic carbocycles. The third-order valence-electron chi connectivity index (χ3n) is 5.54. The van der Waals surface area contributed by atoms with Gasteiger partial charge in [0.15, 0.2) is 5.78 Å². The maximum Gasteiger partial charge on any atom is 0.331 e. The Morgan fingerprint density at radius 2 is 1.72 bits per heavy atom. The quantitative estimate of drug-likeness (QED) is 0.519. The van der Waals surface area contributed by atoms with E-state index in [9.17, 15) is 19.2 Å². The number of aromatic nitrogens is 3. The van der Waals surface area contributed by atoms with Gasteiger partial charge in [-0.25, -0.2) is 4.79 Å². The topological polar surface area (TPSA) is 103 Å². The van der Waals surface area contributed by atoms with Gasteiger partial charge < -0.3 is 5.32 Å². The first-order valence-electron chi connectivity index (χ1n) is 10.9. The van der Waals surface area contributed by atoms with Crippen LogP contribution in [0.15, 0.2) is 52.3 Å². The second-order valence-corrected chi connectivity index (χ2v) is 7.86. The van der Waals surface area contributed by atoms with Crippen molar-refractivity contribution >= 4 is 28.3 Å². The van der Waals surface area contributed by atoms with Crippen molar-refractivity contribution in [2.45, 2.75) is 53.1 Å². The summed E-state index contributed by atoms with van der Waals surface area (Å²) in [6, 6.07) is 8.37. The highest BCUT2D eigenvalue weighted by molar-refractivity contribution is 5.96. The molecule has 0 bridgehead atoms. The molecule has 3 aromatic rings. The number of nitrogens with zero attached hydrogens (tertiary/aromatic N) is 3.